The van der Waals surface area contributed by atoms with Crippen LogP contribution in [0.3, 0.4) is 0 Å². The molecule has 41 heavy (non-hydrogen) atoms. The fourth-order valence-corrected chi connectivity index (χ4v) is 4.07. The first-order valence-corrected chi connectivity index (χ1v) is 12.7. The summed E-state index contributed by atoms with van der Waals surface area (Å²) in [6.45, 7) is 8.66. The van der Waals surface area contributed by atoms with Crippen molar-refractivity contribution < 1.29 is 47.8 Å². The van der Waals surface area contributed by atoms with Crippen molar-refractivity contribution in [1.29, 1.82) is 0 Å². The fourth-order valence-electron chi connectivity index (χ4n) is 4.07. The summed E-state index contributed by atoms with van der Waals surface area (Å²) in [5.74, 6) is -3.82. The Morgan fingerprint density at radius 1 is 0.976 bits per heavy atom. The molecule has 1 aliphatic heterocycles. The lowest BCUT2D eigenvalue weighted by molar-refractivity contribution is -0.384. The van der Waals surface area contributed by atoms with Gasteiger partial charge in [0.05, 0.1) is 34.7 Å². The predicted molar refractivity (Wildman–Crippen MR) is 143 cm³/mol. The van der Waals surface area contributed by atoms with Crippen molar-refractivity contribution in [3.8, 4) is 0 Å². The second kappa shape index (κ2) is 14.4. The van der Waals surface area contributed by atoms with Crippen LogP contribution in [-0.4, -0.2) is 72.6 Å². The molecule has 224 valence electrons. The zero-order valence-electron chi connectivity index (χ0n) is 24.0. The molecule has 1 aromatic carbocycles. The monoisotopic (exact) mass is 577 g/mol. The summed E-state index contributed by atoms with van der Waals surface area (Å²) >= 11 is 0. The Morgan fingerprint density at radius 3 is 2.12 bits per heavy atom. The fraction of sp³-hybridized carbons (Fsp3) is 0.481. The molecule has 2 rings (SSSR count). The zero-order valence-corrected chi connectivity index (χ0v) is 24.0. The molecule has 0 aromatic heterocycles. The molecule has 0 aliphatic carbocycles. The Bertz CT molecular complexity index is 1250. The molecule has 0 bridgehead atoms. The average Bonchev–Trinajstić information content (AvgIpc) is 2.87. The molecular weight excluding hydrogens is 542 g/mol. The van der Waals surface area contributed by atoms with Crippen molar-refractivity contribution >= 4 is 29.7 Å². The number of hydrogen-bond donors (Lipinski definition) is 1. The summed E-state index contributed by atoms with van der Waals surface area (Å²) in [6, 6.07) is 4.42. The van der Waals surface area contributed by atoms with Crippen molar-refractivity contribution in [2.24, 2.45) is 5.73 Å². The Hall–Kier alpha value is -4.30. The second-order valence-electron chi connectivity index (χ2n) is 9.38. The highest BCUT2D eigenvalue weighted by molar-refractivity contribution is 6.01. The molecule has 0 saturated heterocycles. The van der Waals surface area contributed by atoms with Crippen LogP contribution in [0.5, 0.6) is 0 Å². The lowest BCUT2D eigenvalue weighted by Gasteiger charge is -2.36. The molecule has 0 saturated carbocycles. The van der Waals surface area contributed by atoms with Crippen LogP contribution in [0.2, 0.25) is 0 Å². The molecule has 0 spiro atoms. The largest absolute Gasteiger partial charge is 0.460 e. The van der Waals surface area contributed by atoms with Gasteiger partial charge in [-0.1, -0.05) is 12.1 Å². The number of non-ortho nitro benzene ring substituents is 1. The highest BCUT2D eigenvalue weighted by Crippen LogP contribution is 2.44. The molecule has 1 amide bonds. The van der Waals surface area contributed by atoms with Crippen LogP contribution < -0.4 is 5.73 Å². The van der Waals surface area contributed by atoms with Crippen molar-refractivity contribution in [2.75, 3.05) is 20.3 Å². The highest BCUT2D eigenvalue weighted by Gasteiger charge is 2.43. The number of benzene rings is 1. The van der Waals surface area contributed by atoms with E-state index < -0.39 is 53.3 Å². The van der Waals surface area contributed by atoms with Gasteiger partial charge >= 0.3 is 24.0 Å². The van der Waals surface area contributed by atoms with E-state index in [1.807, 2.05) is 0 Å². The van der Waals surface area contributed by atoms with Gasteiger partial charge in [0.2, 0.25) is 6.29 Å². The quantitative estimate of drug-likeness (QED) is 0.101. The van der Waals surface area contributed by atoms with Crippen LogP contribution in [0.25, 0.3) is 0 Å². The molecule has 3 atom stereocenters. The van der Waals surface area contributed by atoms with Crippen molar-refractivity contribution in [3.05, 3.63) is 62.5 Å². The highest BCUT2D eigenvalue weighted by atomic mass is 16.7. The molecule has 14 nitrogen and oxygen atoms in total. The Balaban J connectivity index is 2.76. The number of carbonyl (C=O) groups is 4. The Labute approximate surface area is 237 Å². The summed E-state index contributed by atoms with van der Waals surface area (Å²) in [7, 11) is 1.41. The molecule has 1 aromatic rings. The molecule has 2 unspecified atom stereocenters. The van der Waals surface area contributed by atoms with E-state index in [0.29, 0.717) is 0 Å². The van der Waals surface area contributed by atoms with Crippen LogP contribution >= 0.6 is 0 Å². The minimum Gasteiger partial charge on any atom is -0.460 e. The van der Waals surface area contributed by atoms with Gasteiger partial charge in [0, 0.05) is 37.6 Å². The Kier molecular flexibility index (Phi) is 11.5. The van der Waals surface area contributed by atoms with Gasteiger partial charge < -0.3 is 29.4 Å². The number of ether oxygens (including phenoxy) is 5. The number of rotatable bonds is 11. The average molecular weight is 578 g/mol. The van der Waals surface area contributed by atoms with Crippen LogP contribution in [0, 0.1) is 10.1 Å². The number of amides is 1. The van der Waals surface area contributed by atoms with Gasteiger partial charge in [0.25, 0.3) is 5.69 Å². The van der Waals surface area contributed by atoms with E-state index >= 15 is 0 Å². The summed E-state index contributed by atoms with van der Waals surface area (Å²) in [5.41, 5.74) is 5.14. The van der Waals surface area contributed by atoms with E-state index in [2.05, 4.69) is 0 Å². The van der Waals surface area contributed by atoms with E-state index in [9.17, 15) is 29.3 Å². The molecule has 1 heterocycles. The third-order valence-electron chi connectivity index (χ3n) is 5.85. The molecule has 0 fully saturated rings. The van der Waals surface area contributed by atoms with Crippen LogP contribution in [-0.2, 0) is 38.1 Å². The zero-order chi connectivity index (χ0) is 31.0. The molecule has 1 aliphatic rings. The van der Waals surface area contributed by atoms with Gasteiger partial charge in [0.1, 0.15) is 12.6 Å². The van der Waals surface area contributed by atoms with Gasteiger partial charge in [0.15, 0.2) is 0 Å². The third-order valence-corrected chi connectivity index (χ3v) is 5.85. The predicted octanol–water partition coefficient (Wildman–Crippen LogP) is 3.06. The first kappa shape index (κ1) is 32.9. The molecule has 2 N–H and O–H groups in total. The summed E-state index contributed by atoms with van der Waals surface area (Å²) in [5, 5.41) is 11.5. The van der Waals surface area contributed by atoms with Crippen LogP contribution in [0.15, 0.2) is 46.8 Å². The summed E-state index contributed by atoms with van der Waals surface area (Å²) in [6.07, 6.45) is -3.05. The first-order valence-electron chi connectivity index (χ1n) is 12.7. The van der Waals surface area contributed by atoms with Gasteiger partial charge in [-0.3, -0.25) is 19.8 Å². The second-order valence-corrected chi connectivity index (χ2v) is 9.38. The molecule has 0 radical (unpaired) electrons. The normalized spacial score (nSPS) is 16.7. The summed E-state index contributed by atoms with van der Waals surface area (Å²) in [4.78, 5) is 64.1. The van der Waals surface area contributed by atoms with E-state index in [-0.39, 0.29) is 47.0 Å². The van der Waals surface area contributed by atoms with Crippen molar-refractivity contribution in [3.63, 3.8) is 0 Å². The van der Waals surface area contributed by atoms with E-state index in [1.165, 1.54) is 59.1 Å². The number of nitro groups is 1. The number of methoxy groups -OCH3 is 1. The van der Waals surface area contributed by atoms with Gasteiger partial charge in [-0.25, -0.2) is 14.4 Å². The lowest BCUT2D eigenvalue weighted by Crippen LogP contribution is -2.41. The molecule has 14 heteroatoms. The number of allylic oxidation sites excluding steroid dienone is 2. The minimum absolute atomic E-state index is 0.0123. The number of nitrogens with two attached hydrogens (primary N) is 1. The lowest BCUT2D eigenvalue weighted by atomic mass is 9.79. The number of hydrogen-bond acceptors (Lipinski definition) is 12. The molecular formula is C27H35N3O11. The number of esters is 3. The number of carbonyl (C=O) groups excluding carboxylic acids is 4. The maximum atomic E-state index is 13.5. The maximum absolute atomic E-state index is 13.5. The number of nitrogens with zero attached hydrogens (tertiary/aromatic N) is 2. The Morgan fingerprint density at radius 2 is 1.59 bits per heavy atom. The minimum atomic E-state index is -1.38. The van der Waals surface area contributed by atoms with E-state index in [0.717, 1.165) is 4.90 Å². The van der Waals surface area contributed by atoms with Crippen molar-refractivity contribution in [1.82, 2.24) is 4.90 Å². The van der Waals surface area contributed by atoms with Crippen molar-refractivity contribution in [2.45, 2.75) is 65.9 Å². The van der Waals surface area contributed by atoms with Crippen LogP contribution in [0.1, 0.15) is 53.0 Å². The van der Waals surface area contributed by atoms with E-state index in [1.54, 1.807) is 13.8 Å². The maximum Gasteiger partial charge on any atom is 0.421 e. The van der Waals surface area contributed by atoms with E-state index in [4.69, 9.17) is 29.4 Å². The summed E-state index contributed by atoms with van der Waals surface area (Å²) < 4.78 is 26.1. The first-order chi connectivity index (χ1) is 19.2. The smallest absolute Gasteiger partial charge is 0.421 e. The van der Waals surface area contributed by atoms with Gasteiger partial charge in [-0.2, -0.15) is 0 Å². The van der Waals surface area contributed by atoms with Crippen LogP contribution in [0.4, 0.5) is 10.5 Å². The van der Waals surface area contributed by atoms with Gasteiger partial charge in [-0.05, 0) is 40.2 Å². The standard InChI is InChI=1S/C27H35N3O11/c1-14(2)39-26(33)22-17(5)29(27(34)41-18(6)40-24(31)15(3)28)16(4)21(25(32)38-12-11-37-7)23(22)19-9-8-10-20(13-19)30(35)36/h8-10,13-15,18,23H,11-12,28H2,1-7H3/t15-,18?,23?/m0/s1. The number of nitro benzene ring substituents is 1. The SMILES string of the molecule is COCCOC(=O)C1=C(C)N(C(=O)OC(C)OC(=O)[C@H](C)N)C(C)=C(C(=O)OC(C)C)C1c1cccc([N+](=O)[O-])c1. The van der Waals surface area contributed by atoms with Gasteiger partial charge in [-0.15, -0.1) is 0 Å². The third kappa shape index (κ3) is 8.11. The topological polar surface area (TPSA) is 187 Å².